The number of hydrogen-bond donors (Lipinski definition) is 3. The van der Waals surface area contributed by atoms with Crippen LogP contribution in [0.2, 0.25) is 0 Å². The standard InChI is InChI=1S/C14H18N2O5/c1-9-3-4-10(2)11(5-9)21-8-13(18)15-6-12(17)16-7-14(19)20/h3-5H,6-8H2,1-2H3,(H,15,18)(H,16,17)(H,19,20). The van der Waals surface area contributed by atoms with Gasteiger partial charge in [0.25, 0.3) is 5.91 Å². The van der Waals surface area contributed by atoms with E-state index in [1.807, 2.05) is 32.0 Å². The van der Waals surface area contributed by atoms with E-state index in [9.17, 15) is 14.4 Å². The van der Waals surface area contributed by atoms with Crippen molar-refractivity contribution in [3.8, 4) is 5.75 Å². The van der Waals surface area contributed by atoms with Gasteiger partial charge in [-0.05, 0) is 31.0 Å². The number of nitrogens with one attached hydrogen (secondary N) is 2. The average molecular weight is 294 g/mol. The van der Waals surface area contributed by atoms with Gasteiger partial charge in [0, 0.05) is 0 Å². The molecule has 3 N–H and O–H groups in total. The molecule has 0 unspecified atom stereocenters. The first-order chi connectivity index (χ1) is 9.88. The highest BCUT2D eigenvalue weighted by Gasteiger charge is 2.08. The van der Waals surface area contributed by atoms with Crippen LogP contribution in [0.4, 0.5) is 0 Å². The van der Waals surface area contributed by atoms with E-state index in [0.29, 0.717) is 5.75 Å². The zero-order valence-electron chi connectivity index (χ0n) is 11.9. The van der Waals surface area contributed by atoms with E-state index >= 15 is 0 Å². The monoisotopic (exact) mass is 294 g/mol. The summed E-state index contributed by atoms with van der Waals surface area (Å²) in [4.78, 5) is 33.0. The summed E-state index contributed by atoms with van der Waals surface area (Å²) in [5.41, 5.74) is 1.93. The molecule has 0 fully saturated rings. The minimum atomic E-state index is -1.15. The zero-order chi connectivity index (χ0) is 15.8. The Morgan fingerprint density at radius 2 is 1.76 bits per heavy atom. The van der Waals surface area contributed by atoms with Crippen LogP contribution in [0.25, 0.3) is 0 Å². The van der Waals surface area contributed by atoms with Crippen molar-refractivity contribution in [2.24, 2.45) is 0 Å². The van der Waals surface area contributed by atoms with Crippen LogP contribution in [0.5, 0.6) is 5.75 Å². The second kappa shape index (κ2) is 7.88. The Bertz CT molecular complexity index is 542. The predicted octanol–water partition coefficient (Wildman–Crippen LogP) is -0.000760. The minimum Gasteiger partial charge on any atom is -0.483 e. The first-order valence-electron chi connectivity index (χ1n) is 6.33. The molecule has 1 aromatic rings. The van der Waals surface area contributed by atoms with Crippen LogP contribution in [0.1, 0.15) is 11.1 Å². The van der Waals surface area contributed by atoms with Gasteiger partial charge in [-0.3, -0.25) is 14.4 Å². The highest BCUT2D eigenvalue weighted by Crippen LogP contribution is 2.18. The van der Waals surface area contributed by atoms with E-state index in [1.54, 1.807) is 0 Å². The lowest BCUT2D eigenvalue weighted by atomic mass is 10.1. The van der Waals surface area contributed by atoms with Gasteiger partial charge in [-0.2, -0.15) is 0 Å². The third-order valence-electron chi connectivity index (χ3n) is 2.59. The van der Waals surface area contributed by atoms with Crippen LogP contribution in [0.15, 0.2) is 18.2 Å². The van der Waals surface area contributed by atoms with Crippen molar-refractivity contribution in [2.45, 2.75) is 13.8 Å². The van der Waals surface area contributed by atoms with Crippen LogP contribution in [-0.4, -0.2) is 42.6 Å². The van der Waals surface area contributed by atoms with Gasteiger partial charge in [0.15, 0.2) is 6.61 Å². The molecule has 0 radical (unpaired) electrons. The van der Waals surface area contributed by atoms with E-state index < -0.39 is 24.3 Å². The molecule has 1 aromatic carbocycles. The van der Waals surface area contributed by atoms with Gasteiger partial charge in [-0.1, -0.05) is 12.1 Å². The molecule has 7 nitrogen and oxygen atoms in total. The fourth-order valence-corrected chi connectivity index (χ4v) is 1.47. The zero-order valence-corrected chi connectivity index (χ0v) is 11.9. The van der Waals surface area contributed by atoms with Gasteiger partial charge in [-0.25, -0.2) is 0 Å². The van der Waals surface area contributed by atoms with Gasteiger partial charge < -0.3 is 20.5 Å². The smallest absolute Gasteiger partial charge is 0.322 e. The van der Waals surface area contributed by atoms with Crippen molar-refractivity contribution in [1.82, 2.24) is 10.6 Å². The van der Waals surface area contributed by atoms with Gasteiger partial charge >= 0.3 is 5.97 Å². The van der Waals surface area contributed by atoms with E-state index in [2.05, 4.69) is 10.6 Å². The molecule has 0 aliphatic carbocycles. The molecule has 0 aliphatic heterocycles. The Morgan fingerprint density at radius 3 is 2.43 bits per heavy atom. The summed E-state index contributed by atoms with van der Waals surface area (Å²) in [7, 11) is 0. The van der Waals surface area contributed by atoms with Gasteiger partial charge in [0.2, 0.25) is 5.91 Å². The number of benzene rings is 1. The van der Waals surface area contributed by atoms with Crippen LogP contribution in [-0.2, 0) is 14.4 Å². The number of amides is 2. The quantitative estimate of drug-likeness (QED) is 0.656. The Hall–Kier alpha value is -2.57. The predicted molar refractivity (Wildman–Crippen MR) is 75.1 cm³/mol. The summed E-state index contributed by atoms with van der Waals surface area (Å²) in [6.07, 6.45) is 0. The van der Waals surface area contributed by atoms with E-state index in [1.165, 1.54) is 0 Å². The van der Waals surface area contributed by atoms with E-state index in [-0.39, 0.29) is 13.2 Å². The maximum atomic E-state index is 11.5. The first kappa shape index (κ1) is 16.5. The lowest BCUT2D eigenvalue weighted by Gasteiger charge is -2.10. The largest absolute Gasteiger partial charge is 0.483 e. The molecule has 0 spiro atoms. The molecular formula is C14H18N2O5. The molecule has 0 heterocycles. The lowest BCUT2D eigenvalue weighted by Crippen LogP contribution is -2.40. The second-order valence-corrected chi connectivity index (χ2v) is 4.50. The average Bonchev–Trinajstić information content (AvgIpc) is 2.43. The lowest BCUT2D eigenvalue weighted by molar-refractivity contribution is -0.137. The maximum Gasteiger partial charge on any atom is 0.322 e. The van der Waals surface area contributed by atoms with E-state index in [0.717, 1.165) is 11.1 Å². The maximum absolute atomic E-state index is 11.5. The SMILES string of the molecule is Cc1ccc(C)c(OCC(=O)NCC(=O)NCC(=O)O)c1. The van der Waals surface area contributed by atoms with E-state index in [4.69, 9.17) is 9.84 Å². The molecule has 0 saturated carbocycles. The summed E-state index contributed by atoms with van der Waals surface area (Å²) in [6.45, 7) is 2.80. The van der Waals surface area contributed by atoms with Crippen molar-refractivity contribution >= 4 is 17.8 Å². The number of carboxylic acid groups (broad SMARTS) is 1. The van der Waals surface area contributed by atoms with Crippen molar-refractivity contribution < 1.29 is 24.2 Å². The third-order valence-corrected chi connectivity index (χ3v) is 2.59. The molecule has 2 amide bonds. The van der Waals surface area contributed by atoms with Crippen LogP contribution >= 0.6 is 0 Å². The number of carboxylic acids is 1. The molecule has 114 valence electrons. The fourth-order valence-electron chi connectivity index (χ4n) is 1.47. The molecular weight excluding hydrogens is 276 g/mol. The van der Waals surface area contributed by atoms with Gasteiger partial charge in [-0.15, -0.1) is 0 Å². The van der Waals surface area contributed by atoms with Crippen LogP contribution in [0, 0.1) is 13.8 Å². The Morgan fingerprint density at radius 1 is 1.10 bits per heavy atom. The Balaban J connectivity index is 2.32. The number of rotatable bonds is 7. The van der Waals surface area contributed by atoms with Gasteiger partial charge in [0.1, 0.15) is 12.3 Å². The number of hydrogen-bond acceptors (Lipinski definition) is 4. The number of aliphatic carboxylic acids is 1. The summed E-state index contributed by atoms with van der Waals surface area (Å²) < 4.78 is 5.37. The number of ether oxygens (including phenoxy) is 1. The molecule has 0 aliphatic rings. The third kappa shape index (κ3) is 6.42. The van der Waals surface area contributed by atoms with Crippen molar-refractivity contribution in [2.75, 3.05) is 19.7 Å². The fraction of sp³-hybridized carbons (Fsp3) is 0.357. The van der Waals surface area contributed by atoms with Gasteiger partial charge in [0.05, 0.1) is 6.54 Å². The number of carbonyl (C=O) groups excluding carboxylic acids is 2. The van der Waals surface area contributed by atoms with Crippen molar-refractivity contribution in [3.05, 3.63) is 29.3 Å². The number of aryl methyl sites for hydroxylation is 2. The highest BCUT2D eigenvalue weighted by molar-refractivity contribution is 5.87. The number of carbonyl (C=O) groups is 3. The molecule has 0 bridgehead atoms. The molecule has 7 heteroatoms. The molecule has 0 atom stereocenters. The molecule has 21 heavy (non-hydrogen) atoms. The summed E-state index contributed by atoms with van der Waals surface area (Å²) in [6, 6.07) is 5.65. The summed E-state index contributed by atoms with van der Waals surface area (Å²) in [5, 5.41) is 12.9. The van der Waals surface area contributed by atoms with Crippen LogP contribution in [0.3, 0.4) is 0 Å². The topological polar surface area (TPSA) is 105 Å². The highest BCUT2D eigenvalue weighted by atomic mass is 16.5. The first-order valence-corrected chi connectivity index (χ1v) is 6.33. The van der Waals surface area contributed by atoms with Crippen LogP contribution < -0.4 is 15.4 Å². The Kier molecular flexibility index (Phi) is 6.19. The Labute approximate surface area is 122 Å². The normalized spacial score (nSPS) is 9.81. The molecule has 0 saturated heterocycles. The molecule has 1 rings (SSSR count). The van der Waals surface area contributed by atoms with Crippen molar-refractivity contribution in [3.63, 3.8) is 0 Å². The second-order valence-electron chi connectivity index (χ2n) is 4.50. The van der Waals surface area contributed by atoms with Crippen molar-refractivity contribution in [1.29, 1.82) is 0 Å². The summed E-state index contributed by atoms with van der Waals surface area (Å²) >= 11 is 0. The summed E-state index contributed by atoms with van der Waals surface area (Å²) in [5.74, 6) is -1.56. The minimum absolute atomic E-state index is 0.212. The molecule has 0 aromatic heterocycles.